The van der Waals surface area contributed by atoms with Crippen LogP contribution < -0.4 is 4.57 Å². The summed E-state index contributed by atoms with van der Waals surface area (Å²) in [6, 6.07) is 0. The molecule has 0 aliphatic carbocycles. The number of imidazole rings is 1. The van der Waals surface area contributed by atoms with Crippen LogP contribution in [-0.2, 0) is 19.5 Å². The van der Waals surface area contributed by atoms with Gasteiger partial charge in [0, 0.05) is 6.42 Å². The van der Waals surface area contributed by atoms with Gasteiger partial charge in [-0.05, 0) is 32.1 Å². The minimum absolute atomic E-state index is 1.21. The van der Waals surface area contributed by atoms with Gasteiger partial charge < -0.3 is 0 Å². The molecule has 0 aliphatic heterocycles. The Morgan fingerprint density at radius 2 is 1.15 bits per heavy atom. The first kappa shape index (κ1) is 24.2. The van der Waals surface area contributed by atoms with Crippen molar-refractivity contribution in [2.75, 3.05) is 0 Å². The van der Waals surface area contributed by atoms with Crippen LogP contribution in [0.3, 0.4) is 0 Å². The van der Waals surface area contributed by atoms with E-state index in [1.165, 1.54) is 122 Å². The van der Waals surface area contributed by atoms with E-state index in [1.807, 2.05) is 0 Å². The van der Waals surface area contributed by atoms with E-state index >= 15 is 0 Å². The van der Waals surface area contributed by atoms with Gasteiger partial charge in [-0.25, -0.2) is 9.13 Å². The van der Waals surface area contributed by atoms with Gasteiger partial charge in [-0.3, -0.25) is 0 Å². The van der Waals surface area contributed by atoms with Crippen molar-refractivity contribution in [3.63, 3.8) is 0 Å². The van der Waals surface area contributed by atoms with Gasteiger partial charge in [0.15, 0.2) is 0 Å². The van der Waals surface area contributed by atoms with Crippen molar-refractivity contribution in [3.8, 4) is 0 Å². The van der Waals surface area contributed by atoms with Crippen molar-refractivity contribution < 1.29 is 4.57 Å². The van der Waals surface area contributed by atoms with E-state index in [0.29, 0.717) is 0 Å². The molecule has 1 aromatic heterocycles. The Kier molecular flexibility index (Phi) is 15.6. The average Bonchev–Trinajstić information content (AvgIpc) is 3.06. The molecular weight excluding hydrogens is 328 g/mol. The van der Waals surface area contributed by atoms with Gasteiger partial charge >= 0.3 is 0 Å². The number of aromatic nitrogens is 2. The van der Waals surface area contributed by atoms with E-state index in [-0.39, 0.29) is 0 Å². The van der Waals surface area contributed by atoms with Gasteiger partial charge in [0.2, 0.25) is 0 Å². The maximum Gasteiger partial charge on any atom is 0.256 e. The van der Waals surface area contributed by atoms with Crippen LogP contribution in [0.15, 0.2) is 12.4 Å². The van der Waals surface area contributed by atoms with Crippen molar-refractivity contribution >= 4 is 0 Å². The van der Waals surface area contributed by atoms with Crippen molar-refractivity contribution in [1.29, 1.82) is 0 Å². The fraction of sp³-hybridized carbons (Fsp3) is 0.880. The highest BCUT2D eigenvalue weighted by Crippen LogP contribution is 2.12. The summed E-state index contributed by atoms with van der Waals surface area (Å²) < 4.78 is 5.13. The van der Waals surface area contributed by atoms with Crippen LogP contribution >= 0.6 is 0 Å². The highest BCUT2D eigenvalue weighted by atomic mass is 15.1. The molecule has 0 aliphatic rings. The third-order valence-electron chi connectivity index (χ3n) is 5.85. The lowest BCUT2D eigenvalue weighted by Crippen LogP contribution is -2.37. The Morgan fingerprint density at radius 3 is 1.78 bits per heavy atom. The number of unbranched alkanes of at least 4 members (excludes halogenated alkanes) is 13. The SMILES string of the molecule is CCCCCCCCCCn1cc[n+](CCCCC)c1CCCCCCC. The predicted octanol–water partition coefficient (Wildman–Crippen LogP) is 7.62. The molecule has 27 heavy (non-hydrogen) atoms. The molecule has 0 spiro atoms. The second-order valence-electron chi connectivity index (χ2n) is 8.45. The number of nitrogens with zero attached hydrogens (tertiary/aromatic N) is 2. The first-order valence-electron chi connectivity index (χ1n) is 12.4. The summed E-state index contributed by atoms with van der Waals surface area (Å²) in [6.45, 7) is 9.33. The third kappa shape index (κ3) is 11.6. The maximum atomic E-state index is 2.57. The van der Waals surface area contributed by atoms with Gasteiger partial charge in [-0.15, -0.1) is 0 Å². The van der Waals surface area contributed by atoms with Crippen molar-refractivity contribution in [2.45, 2.75) is 143 Å². The third-order valence-corrected chi connectivity index (χ3v) is 5.85. The van der Waals surface area contributed by atoms with Gasteiger partial charge in [-0.1, -0.05) is 91.4 Å². The highest BCUT2D eigenvalue weighted by Gasteiger charge is 2.16. The number of hydrogen-bond acceptors (Lipinski definition) is 0. The van der Waals surface area contributed by atoms with Gasteiger partial charge in [0.25, 0.3) is 5.82 Å². The first-order chi connectivity index (χ1) is 13.3. The fourth-order valence-corrected chi connectivity index (χ4v) is 4.03. The normalized spacial score (nSPS) is 11.4. The van der Waals surface area contributed by atoms with Crippen molar-refractivity contribution in [1.82, 2.24) is 4.57 Å². The van der Waals surface area contributed by atoms with Crippen LogP contribution in [-0.4, -0.2) is 4.57 Å². The van der Waals surface area contributed by atoms with Crippen LogP contribution in [0.5, 0.6) is 0 Å². The molecule has 0 saturated heterocycles. The minimum atomic E-state index is 1.21. The summed E-state index contributed by atoms with van der Waals surface area (Å²) in [6.07, 6.45) is 28.1. The summed E-state index contributed by atoms with van der Waals surface area (Å²) in [4.78, 5) is 0. The fourth-order valence-electron chi connectivity index (χ4n) is 4.03. The molecule has 0 aromatic carbocycles. The molecule has 2 heteroatoms. The zero-order valence-corrected chi connectivity index (χ0v) is 19.0. The molecule has 0 saturated carbocycles. The van der Waals surface area contributed by atoms with E-state index in [2.05, 4.69) is 42.3 Å². The van der Waals surface area contributed by atoms with Crippen molar-refractivity contribution in [2.24, 2.45) is 0 Å². The molecular formula is C25H49N2+. The first-order valence-corrected chi connectivity index (χ1v) is 12.4. The predicted molar refractivity (Wildman–Crippen MR) is 119 cm³/mol. The second-order valence-corrected chi connectivity index (χ2v) is 8.45. The molecule has 1 rings (SSSR count). The smallest absolute Gasteiger partial charge is 0.234 e. The number of hydrogen-bond donors (Lipinski definition) is 0. The van der Waals surface area contributed by atoms with E-state index in [1.54, 1.807) is 5.82 Å². The summed E-state index contributed by atoms with van der Waals surface area (Å²) >= 11 is 0. The molecule has 0 N–H and O–H groups in total. The molecule has 0 unspecified atom stereocenters. The van der Waals surface area contributed by atoms with Crippen molar-refractivity contribution in [3.05, 3.63) is 18.2 Å². The Bertz CT molecular complexity index is 436. The largest absolute Gasteiger partial charge is 0.256 e. The lowest BCUT2D eigenvalue weighted by Gasteiger charge is -2.06. The molecule has 1 heterocycles. The summed E-state index contributed by atoms with van der Waals surface area (Å²) in [5.74, 6) is 1.59. The summed E-state index contributed by atoms with van der Waals surface area (Å²) in [5, 5.41) is 0. The number of rotatable bonds is 19. The van der Waals surface area contributed by atoms with Crippen LogP contribution in [0.25, 0.3) is 0 Å². The highest BCUT2D eigenvalue weighted by molar-refractivity contribution is 4.84. The molecule has 0 radical (unpaired) electrons. The molecule has 158 valence electrons. The number of aryl methyl sites for hydroxylation is 2. The Morgan fingerprint density at radius 1 is 0.630 bits per heavy atom. The quantitative estimate of drug-likeness (QED) is 0.173. The molecule has 0 amide bonds. The summed E-state index contributed by atoms with van der Waals surface area (Å²) in [5.41, 5.74) is 0. The molecule has 0 atom stereocenters. The maximum absolute atomic E-state index is 2.57. The van der Waals surface area contributed by atoms with Crippen LogP contribution in [0, 0.1) is 0 Å². The zero-order valence-electron chi connectivity index (χ0n) is 19.0. The molecule has 1 aromatic rings. The Hall–Kier alpha value is -0.790. The second kappa shape index (κ2) is 17.3. The van der Waals surface area contributed by atoms with Crippen LogP contribution in [0.4, 0.5) is 0 Å². The van der Waals surface area contributed by atoms with Gasteiger partial charge in [0.05, 0.1) is 13.1 Å². The van der Waals surface area contributed by atoms with Gasteiger partial charge in [0.1, 0.15) is 12.4 Å². The molecule has 0 fully saturated rings. The van der Waals surface area contributed by atoms with E-state index in [0.717, 1.165) is 0 Å². The molecule has 0 bridgehead atoms. The van der Waals surface area contributed by atoms with Crippen LogP contribution in [0.2, 0.25) is 0 Å². The summed E-state index contributed by atoms with van der Waals surface area (Å²) in [7, 11) is 0. The lowest BCUT2D eigenvalue weighted by molar-refractivity contribution is -0.704. The van der Waals surface area contributed by atoms with Crippen LogP contribution in [0.1, 0.15) is 129 Å². The zero-order chi connectivity index (χ0) is 19.6. The Labute approximate surface area is 170 Å². The minimum Gasteiger partial charge on any atom is -0.234 e. The standard InChI is InChI=1S/C25H49N2/c1-4-7-10-12-13-14-16-19-22-27-24-23-26(21-18-9-6-3)25(27)20-17-15-11-8-5-2/h23-24H,4-22H2,1-3H3/q+1. The molecule has 2 nitrogen and oxygen atoms in total. The average molecular weight is 378 g/mol. The monoisotopic (exact) mass is 377 g/mol. The van der Waals surface area contributed by atoms with E-state index in [4.69, 9.17) is 0 Å². The topological polar surface area (TPSA) is 8.81 Å². The van der Waals surface area contributed by atoms with E-state index in [9.17, 15) is 0 Å². The van der Waals surface area contributed by atoms with E-state index < -0.39 is 0 Å². The lowest BCUT2D eigenvalue weighted by atomic mass is 10.1. The van der Waals surface area contributed by atoms with Gasteiger partial charge in [-0.2, -0.15) is 0 Å². The Balaban J connectivity index is 2.38.